The third-order valence-corrected chi connectivity index (χ3v) is 3.06. The largest absolute Gasteiger partial charge is 0.372 e. The summed E-state index contributed by atoms with van der Waals surface area (Å²) in [5.74, 6) is 0.904. The lowest BCUT2D eigenvalue weighted by Crippen LogP contribution is -1.95. The Labute approximate surface area is 102 Å². The Morgan fingerprint density at radius 1 is 1.18 bits per heavy atom. The average Bonchev–Trinajstić information content (AvgIpc) is 2.78. The van der Waals surface area contributed by atoms with Crippen molar-refractivity contribution in [3.05, 3.63) is 46.6 Å². The first-order chi connectivity index (χ1) is 8.19. The zero-order valence-corrected chi connectivity index (χ0v) is 10.7. The molecule has 3 heteroatoms. The molecule has 17 heavy (non-hydrogen) atoms. The first-order valence-electron chi connectivity index (χ1n) is 5.97. The maximum absolute atomic E-state index is 4.15. The van der Waals surface area contributed by atoms with Crippen LogP contribution in [0.5, 0.6) is 0 Å². The second kappa shape index (κ2) is 5.04. The number of rotatable bonds is 4. The third-order valence-electron chi connectivity index (χ3n) is 3.06. The molecular formula is C14H19N3. The van der Waals surface area contributed by atoms with Gasteiger partial charge in [-0.1, -0.05) is 23.8 Å². The summed E-state index contributed by atoms with van der Waals surface area (Å²) in [5, 5.41) is 10.2. The van der Waals surface area contributed by atoms with Gasteiger partial charge in [0.15, 0.2) is 0 Å². The molecule has 90 valence electrons. The quantitative estimate of drug-likeness (QED) is 0.846. The number of aryl methyl sites for hydroxylation is 4. The molecule has 0 bridgehead atoms. The molecule has 0 spiro atoms. The molecule has 0 saturated heterocycles. The molecule has 1 aromatic carbocycles. The van der Waals surface area contributed by atoms with Gasteiger partial charge in [0, 0.05) is 18.8 Å². The molecule has 0 aliphatic carbocycles. The van der Waals surface area contributed by atoms with E-state index >= 15 is 0 Å². The number of benzene rings is 1. The van der Waals surface area contributed by atoms with Gasteiger partial charge in [0.2, 0.25) is 0 Å². The van der Waals surface area contributed by atoms with Crippen LogP contribution < -0.4 is 5.32 Å². The predicted molar refractivity (Wildman–Crippen MR) is 71.5 cm³/mol. The summed E-state index contributed by atoms with van der Waals surface area (Å²) in [6.07, 6.45) is 2.05. The van der Waals surface area contributed by atoms with E-state index in [4.69, 9.17) is 0 Å². The zero-order valence-electron chi connectivity index (χ0n) is 10.7. The Balaban J connectivity index is 2.04. The SMILES string of the molecule is CNc1cc(CCc2cc(C)ccc2C)[nH]n1. The maximum atomic E-state index is 4.15. The fraction of sp³-hybridized carbons (Fsp3) is 0.357. The van der Waals surface area contributed by atoms with E-state index in [-0.39, 0.29) is 0 Å². The molecule has 0 aliphatic heterocycles. The van der Waals surface area contributed by atoms with Crippen molar-refractivity contribution in [3.8, 4) is 0 Å². The van der Waals surface area contributed by atoms with Gasteiger partial charge in [0.05, 0.1) is 0 Å². The third kappa shape index (κ3) is 2.87. The van der Waals surface area contributed by atoms with Crippen molar-refractivity contribution in [2.45, 2.75) is 26.7 Å². The van der Waals surface area contributed by atoms with Crippen molar-refractivity contribution in [1.82, 2.24) is 10.2 Å². The Morgan fingerprint density at radius 2 is 2.00 bits per heavy atom. The van der Waals surface area contributed by atoms with Gasteiger partial charge in [-0.3, -0.25) is 5.10 Å². The normalized spacial score (nSPS) is 10.5. The fourth-order valence-corrected chi connectivity index (χ4v) is 1.96. The number of aromatic amines is 1. The van der Waals surface area contributed by atoms with Gasteiger partial charge in [0.25, 0.3) is 0 Å². The van der Waals surface area contributed by atoms with Crippen LogP contribution in [0.4, 0.5) is 5.82 Å². The molecule has 0 aliphatic rings. The van der Waals surface area contributed by atoms with Crippen LogP contribution in [-0.4, -0.2) is 17.2 Å². The Morgan fingerprint density at radius 3 is 2.71 bits per heavy atom. The minimum Gasteiger partial charge on any atom is -0.372 e. The van der Waals surface area contributed by atoms with Crippen molar-refractivity contribution in [2.75, 3.05) is 12.4 Å². The molecule has 0 unspecified atom stereocenters. The molecule has 0 amide bonds. The van der Waals surface area contributed by atoms with E-state index < -0.39 is 0 Å². The van der Waals surface area contributed by atoms with Crippen LogP contribution in [0.1, 0.15) is 22.4 Å². The number of H-pyrrole nitrogens is 1. The summed E-state index contributed by atoms with van der Waals surface area (Å²) >= 11 is 0. The maximum Gasteiger partial charge on any atom is 0.147 e. The second-order valence-electron chi connectivity index (χ2n) is 4.46. The second-order valence-corrected chi connectivity index (χ2v) is 4.46. The molecule has 3 nitrogen and oxygen atoms in total. The van der Waals surface area contributed by atoms with Crippen molar-refractivity contribution >= 4 is 5.82 Å². The van der Waals surface area contributed by atoms with Crippen molar-refractivity contribution in [3.63, 3.8) is 0 Å². The summed E-state index contributed by atoms with van der Waals surface area (Å²) in [7, 11) is 1.88. The van der Waals surface area contributed by atoms with Crippen LogP contribution in [-0.2, 0) is 12.8 Å². The van der Waals surface area contributed by atoms with Crippen LogP contribution in [0.3, 0.4) is 0 Å². The summed E-state index contributed by atoms with van der Waals surface area (Å²) in [5.41, 5.74) is 5.29. The highest BCUT2D eigenvalue weighted by Crippen LogP contribution is 2.14. The van der Waals surface area contributed by atoms with Gasteiger partial charge in [0.1, 0.15) is 5.82 Å². The molecular weight excluding hydrogens is 210 g/mol. The summed E-state index contributed by atoms with van der Waals surface area (Å²) < 4.78 is 0. The van der Waals surface area contributed by atoms with Crippen LogP contribution in [0.15, 0.2) is 24.3 Å². The highest BCUT2D eigenvalue weighted by atomic mass is 15.2. The van der Waals surface area contributed by atoms with E-state index in [2.05, 4.69) is 53.6 Å². The van der Waals surface area contributed by atoms with E-state index in [0.29, 0.717) is 0 Å². The van der Waals surface area contributed by atoms with E-state index in [1.54, 1.807) is 0 Å². The number of anilines is 1. The van der Waals surface area contributed by atoms with Crippen molar-refractivity contribution in [2.24, 2.45) is 0 Å². The Kier molecular flexibility index (Phi) is 3.47. The molecule has 0 radical (unpaired) electrons. The molecule has 1 aromatic heterocycles. The van der Waals surface area contributed by atoms with E-state index in [1.807, 2.05) is 7.05 Å². The average molecular weight is 229 g/mol. The van der Waals surface area contributed by atoms with Gasteiger partial charge < -0.3 is 5.32 Å². The Bertz CT molecular complexity index is 500. The first-order valence-corrected chi connectivity index (χ1v) is 5.97. The molecule has 2 N–H and O–H groups in total. The fourth-order valence-electron chi connectivity index (χ4n) is 1.96. The van der Waals surface area contributed by atoms with Crippen LogP contribution in [0, 0.1) is 13.8 Å². The zero-order chi connectivity index (χ0) is 12.3. The number of nitrogens with zero attached hydrogens (tertiary/aromatic N) is 1. The monoisotopic (exact) mass is 229 g/mol. The lowest BCUT2D eigenvalue weighted by Gasteiger charge is -2.05. The minimum atomic E-state index is 0.904. The van der Waals surface area contributed by atoms with E-state index in [9.17, 15) is 0 Å². The lowest BCUT2D eigenvalue weighted by atomic mass is 10.0. The molecule has 2 aromatic rings. The molecule has 0 fully saturated rings. The predicted octanol–water partition coefficient (Wildman–Crippen LogP) is 2.85. The first kappa shape index (κ1) is 11.7. The summed E-state index contributed by atoms with van der Waals surface area (Å²) in [4.78, 5) is 0. The standard InChI is InChI=1S/C14H19N3/c1-10-4-5-11(2)12(8-10)6-7-13-9-14(15-3)17-16-13/h4-5,8-9H,6-7H2,1-3H3,(H2,15,16,17). The highest BCUT2D eigenvalue weighted by molar-refractivity contribution is 5.35. The number of nitrogens with one attached hydrogen (secondary N) is 2. The van der Waals surface area contributed by atoms with Crippen molar-refractivity contribution in [1.29, 1.82) is 0 Å². The van der Waals surface area contributed by atoms with Gasteiger partial charge in [-0.25, -0.2) is 0 Å². The summed E-state index contributed by atoms with van der Waals surface area (Å²) in [6.45, 7) is 4.30. The van der Waals surface area contributed by atoms with Gasteiger partial charge in [-0.2, -0.15) is 5.10 Å². The highest BCUT2D eigenvalue weighted by Gasteiger charge is 2.02. The molecule has 0 saturated carbocycles. The molecule has 0 atom stereocenters. The van der Waals surface area contributed by atoms with E-state index in [0.717, 1.165) is 18.7 Å². The lowest BCUT2D eigenvalue weighted by molar-refractivity contribution is 0.886. The minimum absolute atomic E-state index is 0.904. The topological polar surface area (TPSA) is 40.7 Å². The number of hydrogen-bond donors (Lipinski definition) is 2. The van der Waals surface area contributed by atoms with Gasteiger partial charge >= 0.3 is 0 Å². The summed E-state index contributed by atoms with van der Waals surface area (Å²) in [6, 6.07) is 8.68. The molecule has 1 heterocycles. The van der Waals surface area contributed by atoms with Crippen molar-refractivity contribution < 1.29 is 0 Å². The smallest absolute Gasteiger partial charge is 0.147 e. The number of aromatic nitrogens is 2. The number of hydrogen-bond acceptors (Lipinski definition) is 2. The van der Waals surface area contributed by atoms with E-state index in [1.165, 1.54) is 22.4 Å². The van der Waals surface area contributed by atoms with Crippen LogP contribution in [0.2, 0.25) is 0 Å². The van der Waals surface area contributed by atoms with Crippen LogP contribution in [0.25, 0.3) is 0 Å². The van der Waals surface area contributed by atoms with Gasteiger partial charge in [-0.05, 0) is 37.8 Å². The van der Waals surface area contributed by atoms with Crippen LogP contribution >= 0.6 is 0 Å². The van der Waals surface area contributed by atoms with Gasteiger partial charge in [-0.15, -0.1) is 0 Å². The Hall–Kier alpha value is -1.77. The molecule has 2 rings (SSSR count).